The fourth-order valence-corrected chi connectivity index (χ4v) is 3.71. The van der Waals surface area contributed by atoms with Gasteiger partial charge in [-0.15, -0.1) is 0 Å². The van der Waals surface area contributed by atoms with Crippen molar-refractivity contribution < 1.29 is 14.6 Å². The van der Waals surface area contributed by atoms with Crippen LogP contribution in [0.5, 0.6) is 5.75 Å². The van der Waals surface area contributed by atoms with Gasteiger partial charge in [-0.05, 0) is 55.9 Å². The van der Waals surface area contributed by atoms with E-state index in [0.29, 0.717) is 25.1 Å². The van der Waals surface area contributed by atoms with E-state index in [0.717, 1.165) is 42.6 Å². The Morgan fingerprint density at radius 1 is 1.24 bits per heavy atom. The van der Waals surface area contributed by atoms with Crippen molar-refractivity contribution in [3.05, 3.63) is 53.1 Å². The third-order valence-electron chi connectivity index (χ3n) is 5.03. The van der Waals surface area contributed by atoms with Crippen molar-refractivity contribution in [3.8, 4) is 5.75 Å². The lowest BCUT2D eigenvalue weighted by Crippen LogP contribution is -2.47. The number of carbonyl (C=O) groups is 1. The minimum absolute atomic E-state index is 0.0570. The van der Waals surface area contributed by atoms with Crippen LogP contribution < -0.4 is 4.74 Å². The van der Waals surface area contributed by atoms with Gasteiger partial charge < -0.3 is 14.7 Å². The molecular formula is C21H27NO3. The average molecular weight is 341 g/mol. The molecule has 1 aliphatic heterocycles. The third-order valence-corrected chi connectivity index (χ3v) is 5.03. The van der Waals surface area contributed by atoms with Gasteiger partial charge in [-0.1, -0.05) is 37.6 Å². The van der Waals surface area contributed by atoms with Crippen LogP contribution in [0.2, 0.25) is 0 Å². The van der Waals surface area contributed by atoms with Crippen molar-refractivity contribution in [2.24, 2.45) is 0 Å². The quantitative estimate of drug-likeness (QED) is 0.817. The molecule has 0 saturated carbocycles. The molecule has 1 aromatic carbocycles. The Balaban J connectivity index is 1.85. The van der Waals surface area contributed by atoms with E-state index in [2.05, 4.69) is 6.92 Å². The number of nitrogens with zero attached hydrogens (tertiary/aromatic N) is 1. The van der Waals surface area contributed by atoms with E-state index in [1.54, 1.807) is 4.90 Å². The molecule has 4 heteroatoms. The van der Waals surface area contributed by atoms with E-state index in [9.17, 15) is 9.90 Å². The molecule has 1 aromatic rings. The molecule has 0 fully saturated rings. The predicted octanol–water partition coefficient (Wildman–Crippen LogP) is 3.95. The van der Waals surface area contributed by atoms with Gasteiger partial charge in [0.2, 0.25) is 0 Å². The van der Waals surface area contributed by atoms with Crippen LogP contribution in [0, 0.1) is 0 Å². The molecule has 0 radical (unpaired) electrons. The second-order valence-electron chi connectivity index (χ2n) is 6.72. The summed E-state index contributed by atoms with van der Waals surface area (Å²) in [6.07, 6.45) is 8.04. The van der Waals surface area contributed by atoms with Gasteiger partial charge in [0.15, 0.2) is 5.72 Å². The minimum atomic E-state index is -1.15. The van der Waals surface area contributed by atoms with Crippen LogP contribution >= 0.6 is 0 Å². The van der Waals surface area contributed by atoms with Crippen LogP contribution in [-0.2, 0) is 11.3 Å². The summed E-state index contributed by atoms with van der Waals surface area (Å²) in [6, 6.07) is 7.76. The number of ether oxygens (including phenoxy) is 1. The summed E-state index contributed by atoms with van der Waals surface area (Å²) >= 11 is 0. The monoisotopic (exact) mass is 341 g/mol. The zero-order valence-corrected chi connectivity index (χ0v) is 15.1. The first kappa shape index (κ1) is 17.7. The molecule has 0 spiro atoms. The molecule has 0 aromatic heterocycles. The summed E-state index contributed by atoms with van der Waals surface area (Å²) < 4.78 is 5.48. The maximum absolute atomic E-state index is 12.9. The van der Waals surface area contributed by atoms with Crippen LogP contribution in [0.1, 0.15) is 51.5 Å². The normalized spacial score (nSPS) is 22.5. The molecule has 1 atom stereocenters. The number of carbonyl (C=O) groups excluding carboxylic acids is 1. The lowest BCUT2D eigenvalue weighted by molar-refractivity contribution is -0.145. The number of rotatable bonds is 7. The lowest BCUT2D eigenvalue weighted by atomic mass is 9.89. The standard InChI is InChI=1S/C21H27NO3/c1-3-5-14-21(24)19-9-7-6-8-18(19)20(23)22(21)15-16-10-12-17(13-11-16)25-4-2/h6,8,10-13,24H,3-5,7,9,14-15H2,1-2H3. The molecule has 1 N–H and O–H groups in total. The number of aliphatic hydroxyl groups is 1. The van der Waals surface area contributed by atoms with Crippen LogP contribution in [0.15, 0.2) is 47.6 Å². The number of hydrogen-bond donors (Lipinski definition) is 1. The molecule has 0 bridgehead atoms. The first-order chi connectivity index (χ1) is 12.1. The smallest absolute Gasteiger partial charge is 0.256 e. The number of unbranched alkanes of at least 4 members (excludes halogenated alkanes) is 1. The largest absolute Gasteiger partial charge is 0.494 e. The molecule has 134 valence electrons. The van der Waals surface area contributed by atoms with Crippen LogP contribution in [0.3, 0.4) is 0 Å². The highest BCUT2D eigenvalue weighted by Crippen LogP contribution is 2.43. The Kier molecular flexibility index (Phi) is 5.28. The highest BCUT2D eigenvalue weighted by molar-refractivity contribution is 6.01. The molecule has 3 rings (SSSR count). The zero-order valence-electron chi connectivity index (χ0n) is 15.1. The first-order valence-corrected chi connectivity index (χ1v) is 9.26. The molecular weight excluding hydrogens is 314 g/mol. The van der Waals surface area contributed by atoms with Crippen molar-refractivity contribution in [3.63, 3.8) is 0 Å². The Morgan fingerprint density at radius 2 is 2.00 bits per heavy atom. The topological polar surface area (TPSA) is 49.8 Å². The fourth-order valence-electron chi connectivity index (χ4n) is 3.71. The van der Waals surface area contributed by atoms with Gasteiger partial charge in [0.25, 0.3) is 5.91 Å². The van der Waals surface area contributed by atoms with Crippen LogP contribution in [0.25, 0.3) is 0 Å². The average Bonchev–Trinajstić information content (AvgIpc) is 2.84. The van der Waals surface area contributed by atoms with Crippen LogP contribution in [-0.4, -0.2) is 28.2 Å². The van der Waals surface area contributed by atoms with E-state index < -0.39 is 5.72 Å². The molecule has 1 aliphatic carbocycles. The fraction of sp³-hybridized carbons (Fsp3) is 0.476. The van der Waals surface area contributed by atoms with E-state index in [1.807, 2.05) is 43.3 Å². The Hall–Kier alpha value is -2.07. The highest BCUT2D eigenvalue weighted by atomic mass is 16.5. The van der Waals surface area contributed by atoms with E-state index in [-0.39, 0.29) is 5.91 Å². The summed E-state index contributed by atoms with van der Waals surface area (Å²) in [6.45, 7) is 5.09. The van der Waals surface area contributed by atoms with E-state index in [4.69, 9.17) is 4.74 Å². The van der Waals surface area contributed by atoms with Crippen molar-refractivity contribution >= 4 is 5.91 Å². The molecule has 0 saturated heterocycles. The minimum Gasteiger partial charge on any atom is -0.494 e. The van der Waals surface area contributed by atoms with E-state index >= 15 is 0 Å². The summed E-state index contributed by atoms with van der Waals surface area (Å²) in [5.74, 6) is 0.763. The molecule has 1 amide bonds. The highest BCUT2D eigenvalue weighted by Gasteiger charge is 2.48. The summed E-state index contributed by atoms with van der Waals surface area (Å²) in [5, 5.41) is 11.4. The number of hydrogen-bond acceptors (Lipinski definition) is 3. The van der Waals surface area contributed by atoms with Crippen molar-refractivity contribution in [2.75, 3.05) is 6.61 Å². The van der Waals surface area contributed by atoms with Gasteiger partial charge in [-0.25, -0.2) is 0 Å². The van der Waals surface area contributed by atoms with Gasteiger partial charge in [0.05, 0.1) is 6.61 Å². The van der Waals surface area contributed by atoms with Gasteiger partial charge in [-0.2, -0.15) is 0 Å². The molecule has 4 nitrogen and oxygen atoms in total. The second-order valence-corrected chi connectivity index (χ2v) is 6.72. The molecule has 25 heavy (non-hydrogen) atoms. The number of amides is 1. The second kappa shape index (κ2) is 7.44. The van der Waals surface area contributed by atoms with Crippen molar-refractivity contribution in [1.82, 2.24) is 4.90 Å². The predicted molar refractivity (Wildman–Crippen MR) is 98.0 cm³/mol. The third kappa shape index (κ3) is 3.36. The summed E-state index contributed by atoms with van der Waals surface area (Å²) in [7, 11) is 0. The maximum atomic E-state index is 12.9. The van der Waals surface area contributed by atoms with Crippen LogP contribution in [0.4, 0.5) is 0 Å². The summed E-state index contributed by atoms with van der Waals surface area (Å²) in [4.78, 5) is 14.6. The Bertz CT molecular complexity index is 690. The SMILES string of the molecule is CCCCC1(O)C2=C(C=CCC2)C(=O)N1Cc1ccc(OCC)cc1. The molecule has 2 aliphatic rings. The Labute approximate surface area is 149 Å². The zero-order chi connectivity index (χ0) is 17.9. The molecule has 1 unspecified atom stereocenters. The maximum Gasteiger partial charge on any atom is 0.256 e. The number of allylic oxidation sites excluding steroid dienone is 1. The van der Waals surface area contributed by atoms with Gasteiger partial charge in [0, 0.05) is 12.1 Å². The lowest BCUT2D eigenvalue weighted by Gasteiger charge is -2.36. The number of benzene rings is 1. The Morgan fingerprint density at radius 3 is 2.68 bits per heavy atom. The van der Waals surface area contributed by atoms with Gasteiger partial charge in [0.1, 0.15) is 5.75 Å². The summed E-state index contributed by atoms with van der Waals surface area (Å²) in [5.41, 5.74) is 1.44. The van der Waals surface area contributed by atoms with Crippen molar-refractivity contribution in [1.29, 1.82) is 0 Å². The van der Waals surface area contributed by atoms with Gasteiger partial charge in [-0.3, -0.25) is 4.79 Å². The molecule has 1 heterocycles. The van der Waals surface area contributed by atoms with Gasteiger partial charge >= 0.3 is 0 Å². The first-order valence-electron chi connectivity index (χ1n) is 9.26. The van der Waals surface area contributed by atoms with Crippen molar-refractivity contribution in [2.45, 2.75) is 58.2 Å². The van der Waals surface area contributed by atoms with E-state index in [1.165, 1.54) is 0 Å².